The summed E-state index contributed by atoms with van der Waals surface area (Å²) in [5.74, 6) is 0. The van der Waals surface area contributed by atoms with Crippen molar-refractivity contribution in [3.05, 3.63) is 36.8 Å². The van der Waals surface area contributed by atoms with E-state index in [1.807, 2.05) is 12.1 Å². The van der Waals surface area contributed by atoms with Crippen LogP contribution in [-0.4, -0.2) is 4.98 Å². The summed E-state index contributed by atoms with van der Waals surface area (Å²) in [4.78, 5) is 4.28. The van der Waals surface area contributed by atoms with Crippen LogP contribution in [0.1, 0.15) is 0 Å². The standard InChI is InChI=1S/C9H3Br3ClN/c10-4-1-5-8(13)7(12)3-14-9(5)6(11)2-4/h1-3H. The smallest absolute Gasteiger partial charge is 0.0860 e. The zero-order valence-electron chi connectivity index (χ0n) is 6.69. The third-order valence-electron chi connectivity index (χ3n) is 1.78. The molecule has 0 aliphatic rings. The minimum absolute atomic E-state index is 0.678. The molecule has 1 aromatic heterocycles. The van der Waals surface area contributed by atoms with Gasteiger partial charge >= 0.3 is 0 Å². The Balaban J connectivity index is 2.95. The van der Waals surface area contributed by atoms with Gasteiger partial charge in [0, 0.05) is 20.5 Å². The van der Waals surface area contributed by atoms with Gasteiger partial charge in [0.25, 0.3) is 0 Å². The first-order valence-corrected chi connectivity index (χ1v) is 6.44. The fraction of sp³-hybridized carbons (Fsp3) is 0. The predicted octanol–water partition coefficient (Wildman–Crippen LogP) is 5.18. The number of nitrogens with zero attached hydrogens (tertiary/aromatic N) is 1. The summed E-state index contributed by atoms with van der Waals surface area (Å²) < 4.78 is 2.70. The van der Waals surface area contributed by atoms with E-state index < -0.39 is 0 Å². The second-order valence-corrected chi connectivity index (χ2v) is 5.71. The number of rotatable bonds is 0. The molecule has 0 N–H and O–H groups in total. The van der Waals surface area contributed by atoms with E-state index in [0.717, 1.165) is 24.3 Å². The van der Waals surface area contributed by atoms with Crippen LogP contribution in [0, 0.1) is 0 Å². The Labute approximate surface area is 111 Å². The predicted molar refractivity (Wildman–Crippen MR) is 69.9 cm³/mol. The Morgan fingerprint density at radius 1 is 1.07 bits per heavy atom. The molecule has 1 nitrogen and oxygen atoms in total. The van der Waals surface area contributed by atoms with Crippen molar-refractivity contribution in [2.24, 2.45) is 0 Å². The SMILES string of the molecule is Clc1c(Br)cnc2c(Br)cc(Br)cc12. The van der Waals surface area contributed by atoms with Gasteiger partial charge in [-0.25, -0.2) is 0 Å². The Morgan fingerprint density at radius 2 is 1.79 bits per heavy atom. The maximum Gasteiger partial charge on any atom is 0.0860 e. The Hall–Kier alpha value is 0.360. The maximum absolute atomic E-state index is 6.14. The topological polar surface area (TPSA) is 12.9 Å². The van der Waals surface area contributed by atoms with E-state index in [0.29, 0.717) is 5.02 Å². The summed E-state index contributed by atoms with van der Waals surface area (Å²) in [6.45, 7) is 0. The number of benzene rings is 1. The fourth-order valence-electron chi connectivity index (χ4n) is 1.17. The largest absolute Gasteiger partial charge is 0.254 e. The molecular formula is C9H3Br3ClN. The summed E-state index contributed by atoms with van der Waals surface area (Å²) in [7, 11) is 0. The summed E-state index contributed by atoms with van der Waals surface area (Å²) in [5.41, 5.74) is 0.862. The lowest BCUT2D eigenvalue weighted by atomic mass is 10.2. The molecule has 2 aromatic rings. The molecular weight excluding hydrogens is 397 g/mol. The van der Waals surface area contributed by atoms with E-state index >= 15 is 0 Å². The van der Waals surface area contributed by atoms with Crippen LogP contribution in [0.2, 0.25) is 5.02 Å². The third-order valence-corrected chi connectivity index (χ3v) is 4.08. The highest BCUT2D eigenvalue weighted by molar-refractivity contribution is 9.11. The van der Waals surface area contributed by atoms with Crippen molar-refractivity contribution in [3.8, 4) is 0 Å². The van der Waals surface area contributed by atoms with Crippen molar-refractivity contribution in [3.63, 3.8) is 0 Å². The molecule has 1 heterocycles. The number of hydrogen-bond acceptors (Lipinski definition) is 1. The molecule has 14 heavy (non-hydrogen) atoms. The lowest BCUT2D eigenvalue weighted by molar-refractivity contribution is 1.38. The molecule has 0 saturated carbocycles. The molecule has 0 unspecified atom stereocenters. The zero-order valence-corrected chi connectivity index (χ0v) is 12.2. The molecule has 0 atom stereocenters. The highest BCUT2D eigenvalue weighted by Crippen LogP contribution is 2.34. The lowest BCUT2D eigenvalue weighted by Gasteiger charge is -2.04. The molecule has 5 heteroatoms. The first kappa shape index (κ1) is 10.9. The average Bonchev–Trinajstić information content (AvgIpc) is 2.12. The van der Waals surface area contributed by atoms with E-state index in [9.17, 15) is 0 Å². The molecule has 0 spiro atoms. The first-order valence-electron chi connectivity index (χ1n) is 3.68. The Morgan fingerprint density at radius 3 is 2.50 bits per heavy atom. The fourth-order valence-corrected chi connectivity index (χ4v) is 3.01. The van der Waals surface area contributed by atoms with Crippen LogP contribution in [0.25, 0.3) is 10.9 Å². The maximum atomic E-state index is 6.14. The highest BCUT2D eigenvalue weighted by atomic mass is 79.9. The van der Waals surface area contributed by atoms with Gasteiger partial charge in [0.05, 0.1) is 15.0 Å². The summed E-state index contributed by atoms with van der Waals surface area (Å²) in [6.07, 6.45) is 1.70. The molecule has 0 aliphatic heterocycles. The van der Waals surface area contributed by atoms with Gasteiger partial charge < -0.3 is 0 Å². The number of halogens is 4. The molecule has 0 amide bonds. The van der Waals surface area contributed by atoms with Gasteiger partial charge in [-0.3, -0.25) is 4.98 Å². The second-order valence-electron chi connectivity index (χ2n) is 2.70. The summed E-state index contributed by atoms with van der Waals surface area (Å²) in [5, 5.41) is 1.60. The van der Waals surface area contributed by atoms with Crippen molar-refractivity contribution < 1.29 is 0 Å². The van der Waals surface area contributed by atoms with Gasteiger partial charge in [-0.1, -0.05) is 27.5 Å². The van der Waals surface area contributed by atoms with Gasteiger partial charge in [0.15, 0.2) is 0 Å². The average molecular weight is 400 g/mol. The minimum Gasteiger partial charge on any atom is -0.254 e. The van der Waals surface area contributed by atoms with E-state index in [-0.39, 0.29) is 0 Å². The van der Waals surface area contributed by atoms with Crippen molar-refractivity contribution in [1.29, 1.82) is 0 Å². The van der Waals surface area contributed by atoms with Crippen LogP contribution in [-0.2, 0) is 0 Å². The van der Waals surface area contributed by atoms with Gasteiger partial charge in [-0.05, 0) is 44.0 Å². The molecule has 72 valence electrons. The molecule has 0 radical (unpaired) electrons. The molecule has 2 rings (SSSR count). The van der Waals surface area contributed by atoms with Crippen LogP contribution in [0.15, 0.2) is 31.7 Å². The molecule has 0 aliphatic carbocycles. The highest BCUT2D eigenvalue weighted by Gasteiger charge is 2.08. The van der Waals surface area contributed by atoms with E-state index in [1.54, 1.807) is 6.20 Å². The van der Waals surface area contributed by atoms with Crippen LogP contribution < -0.4 is 0 Å². The van der Waals surface area contributed by atoms with Gasteiger partial charge in [-0.2, -0.15) is 0 Å². The number of aromatic nitrogens is 1. The van der Waals surface area contributed by atoms with Crippen LogP contribution in [0.3, 0.4) is 0 Å². The van der Waals surface area contributed by atoms with Crippen LogP contribution in [0.4, 0.5) is 0 Å². The molecule has 0 fully saturated rings. The van der Waals surface area contributed by atoms with Gasteiger partial charge in [-0.15, -0.1) is 0 Å². The third kappa shape index (κ3) is 1.85. The molecule has 1 aromatic carbocycles. The summed E-state index contributed by atoms with van der Waals surface area (Å²) in [6, 6.07) is 3.89. The van der Waals surface area contributed by atoms with Crippen molar-refractivity contribution >= 4 is 70.3 Å². The normalized spacial score (nSPS) is 10.9. The van der Waals surface area contributed by atoms with Gasteiger partial charge in [0.1, 0.15) is 0 Å². The van der Waals surface area contributed by atoms with Crippen molar-refractivity contribution in [2.75, 3.05) is 0 Å². The first-order chi connectivity index (χ1) is 6.59. The minimum atomic E-state index is 0.678. The second kappa shape index (κ2) is 4.08. The van der Waals surface area contributed by atoms with E-state index in [4.69, 9.17) is 11.6 Å². The lowest BCUT2D eigenvalue weighted by Crippen LogP contribution is -1.83. The van der Waals surface area contributed by atoms with E-state index in [1.165, 1.54) is 0 Å². The van der Waals surface area contributed by atoms with Crippen LogP contribution in [0.5, 0.6) is 0 Å². The van der Waals surface area contributed by atoms with E-state index in [2.05, 4.69) is 52.8 Å². The number of fused-ring (bicyclic) bond motifs is 1. The zero-order chi connectivity index (χ0) is 10.3. The quantitative estimate of drug-likeness (QED) is 0.594. The monoisotopic (exact) mass is 397 g/mol. The van der Waals surface area contributed by atoms with Gasteiger partial charge in [0.2, 0.25) is 0 Å². The molecule has 0 saturated heterocycles. The Kier molecular flexibility index (Phi) is 3.17. The number of hydrogen-bond donors (Lipinski definition) is 0. The Bertz CT molecular complexity index is 513. The number of pyridine rings is 1. The van der Waals surface area contributed by atoms with Crippen molar-refractivity contribution in [1.82, 2.24) is 4.98 Å². The summed E-state index contributed by atoms with van der Waals surface area (Å²) >= 11 is 16.3. The van der Waals surface area contributed by atoms with Crippen LogP contribution >= 0.6 is 59.4 Å². The molecule has 0 bridgehead atoms. The van der Waals surface area contributed by atoms with Crippen molar-refractivity contribution in [2.45, 2.75) is 0 Å².